The number of hydrogen-bond acceptors (Lipinski definition) is 2. The summed E-state index contributed by atoms with van der Waals surface area (Å²) < 4.78 is 28.1. The Hall–Kier alpha value is 0.0900. The molecular formula is C12H15Br2NO2S. The van der Waals surface area contributed by atoms with Gasteiger partial charge < -0.3 is 0 Å². The summed E-state index contributed by atoms with van der Waals surface area (Å²) in [4.78, 5) is 0.339. The molecule has 18 heavy (non-hydrogen) atoms. The Morgan fingerprint density at radius 3 is 2.72 bits per heavy atom. The Balaban J connectivity index is 2.38. The normalized spacial score (nSPS) is 22.1. The first-order valence-corrected chi connectivity index (χ1v) is 8.89. The standard InChI is InChI=1S/C12H15Br2NO2S/c1-9-3-2-6-15(8-9)18(16,17)12-7-10(13)4-5-11(12)14/h4-5,7,9H,2-3,6,8H2,1H3. The summed E-state index contributed by atoms with van der Waals surface area (Å²) in [6, 6.07) is 5.23. The number of sulfonamides is 1. The maximum atomic E-state index is 12.6. The van der Waals surface area contributed by atoms with E-state index in [4.69, 9.17) is 0 Å². The third-order valence-electron chi connectivity index (χ3n) is 3.13. The molecule has 0 aliphatic carbocycles. The predicted octanol–water partition coefficient (Wildman–Crippen LogP) is 3.63. The highest BCUT2D eigenvalue weighted by Gasteiger charge is 2.30. The summed E-state index contributed by atoms with van der Waals surface area (Å²) in [5.74, 6) is 0.430. The third-order valence-corrected chi connectivity index (χ3v) is 6.48. The minimum absolute atomic E-state index is 0.339. The van der Waals surface area contributed by atoms with Crippen LogP contribution >= 0.6 is 31.9 Å². The Morgan fingerprint density at radius 1 is 1.33 bits per heavy atom. The molecule has 2 rings (SSSR count). The van der Waals surface area contributed by atoms with E-state index in [1.165, 1.54) is 0 Å². The van der Waals surface area contributed by atoms with Crippen molar-refractivity contribution in [2.45, 2.75) is 24.7 Å². The SMILES string of the molecule is CC1CCCN(S(=O)(=O)c2cc(Br)ccc2Br)C1. The number of rotatable bonds is 2. The molecule has 0 N–H and O–H groups in total. The number of nitrogens with zero attached hydrogens (tertiary/aromatic N) is 1. The molecule has 1 aromatic rings. The van der Waals surface area contributed by atoms with Gasteiger partial charge in [-0.05, 0) is 52.9 Å². The van der Waals surface area contributed by atoms with Crippen molar-refractivity contribution < 1.29 is 8.42 Å². The molecule has 100 valence electrons. The number of benzene rings is 1. The van der Waals surface area contributed by atoms with E-state index in [1.54, 1.807) is 16.4 Å². The highest BCUT2D eigenvalue weighted by molar-refractivity contribution is 9.11. The van der Waals surface area contributed by atoms with Crippen molar-refractivity contribution in [3.8, 4) is 0 Å². The van der Waals surface area contributed by atoms with E-state index in [0.717, 1.165) is 17.3 Å². The summed E-state index contributed by atoms with van der Waals surface area (Å²) in [6.45, 7) is 3.32. The highest BCUT2D eigenvalue weighted by atomic mass is 79.9. The molecule has 1 fully saturated rings. The van der Waals surface area contributed by atoms with E-state index in [9.17, 15) is 8.42 Å². The first kappa shape index (κ1) is 14.5. The van der Waals surface area contributed by atoms with E-state index in [1.807, 2.05) is 6.07 Å². The lowest BCUT2D eigenvalue weighted by molar-refractivity contribution is 0.281. The van der Waals surface area contributed by atoms with Gasteiger partial charge >= 0.3 is 0 Å². The zero-order valence-electron chi connectivity index (χ0n) is 10.1. The average molecular weight is 397 g/mol. The van der Waals surface area contributed by atoms with Gasteiger partial charge in [-0.1, -0.05) is 22.9 Å². The predicted molar refractivity (Wildman–Crippen MR) is 79.0 cm³/mol. The van der Waals surface area contributed by atoms with Crippen molar-refractivity contribution >= 4 is 41.9 Å². The molecule has 1 aliphatic heterocycles. The van der Waals surface area contributed by atoms with Gasteiger partial charge in [-0.3, -0.25) is 0 Å². The van der Waals surface area contributed by atoms with Crippen LogP contribution in [0.5, 0.6) is 0 Å². The van der Waals surface area contributed by atoms with Gasteiger partial charge in [0.25, 0.3) is 0 Å². The van der Waals surface area contributed by atoms with E-state index < -0.39 is 10.0 Å². The molecule has 1 aliphatic rings. The van der Waals surface area contributed by atoms with Gasteiger partial charge in [0.2, 0.25) is 10.0 Å². The van der Waals surface area contributed by atoms with Crippen LogP contribution in [0.2, 0.25) is 0 Å². The van der Waals surface area contributed by atoms with Crippen LogP contribution in [0.15, 0.2) is 32.0 Å². The Labute approximate surface area is 125 Å². The van der Waals surface area contributed by atoms with Crippen molar-refractivity contribution in [2.24, 2.45) is 5.92 Å². The van der Waals surface area contributed by atoms with E-state index in [0.29, 0.717) is 28.4 Å². The minimum atomic E-state index is -3.39. The summed E-state index contributed by atoms with van der Waals surface area (Å²) in [5.41, 5.74) is 0. The summed E-state index contributed by atoms with van der Waals surface area (Å²) in [7, 11) is -3.39. The average Bonchev–Trinajstić information content (AvgIpc) is 2.32. The van der Waals surface area contributed by atoms with Gasteiger partial charge in [-0.15, -0.1) is 0 Å². The van der Waals surface area contributed by atoms with Crippen molar-refractivity contribution in [1.29, 1.82) is 0 Å². The molecule has 1 atom stereocenters. The molecule has 0 saturated carbocycles. The second-order valence-corrected chi connectivity index (χ2v) is 8.36. The molecule has 0 radical (unpaired) electrons. The Kier molecular flexibility index (Phi) is 4.52. The van der Waals surface area contributed by atoms with Crippen LogP contribution < -0.4 is 0 Å². The van der Waals surface area contributed by atoms with Gasteiger partial charge in [0.15, 0.2) is 0 Å². The molecule has 0 spiro atoms. The van der Waals surface area contributed by atoms with Crippen LogP contribution in [0.25, 0.3) is 0 Å². The molecule has 1 heterocycles. The molecule has 0 bridgehead atoms. The van der Waals surface area contributed by atoms with Gasteiger partial charge in [-0.2, -0.15) is 4.31 Å². The van der Waals surface area contributed by atoms with Crippen molar-refractivity contribution in [3.05, 3.63) is 27.1 Å². The third kappa shape index (κ3) is 2.98. The maximum absolute atomic E-state index is 12.6. The molecule has 6 heteroatoms. The van der Waals surface area contributed by atoms with Crippen LogP contribution in [-0.2, 0) is 10.0 Å². The van der Waals surface area contributed by atoms with Gasteiger partial charge in [0, 0.05) is 22.0 Å². The fourth-order valence-electron chi connectivity index (χ4n) is 2.18. The quantitative estimate of drug-likeness (QED) is 0.765. The van der Waals surface area contributed by atoms with E-state index in [-0.39, 0.29) is 0 Å². The zero-order chi connectivity index (χ0) is 13.3. The van der Waals surface area contributed by atoms with Crippen LogP contribution in [0.4, 0.5) is 0 Å². The molecule has 0 aromatic heterocycles. The van der Waals surface area contributed by atoms with E-state index in [2.05, 4.69) is 38.8 Å². The lowest BCUT2D eigenvalue weighted by Gasteiger charge is -2.30. The molecule has 3 nitrogen and oxygen atoms in total. The molecular weight excluding hydrogens is 382 g/mol. The fourth-order valence-corrected chi connectivity index (χ4v) is 5.24. The van der Waals surface area contributed by atoms with Crippen molar-refractivity contribution in [1.82, 2.24) is 4.31 Å². The lowest BCUT2D eigenvalue weighted by Crippen LogP contribution is -2.39. The topological polar surface area (TPSA) is 37.4 Å². The van der Waals surface area contributed by atoms with Gasteiger partial charge in [0.05, 0.1) is 4.90 Å². The molecule has 1 unspecified atom stereocenters. The highest BCUT2D eigenvalue weighted by Crippen LogP contribution is 2.30. The summed E-state index contributed by atoms with van der Waals surface area (Å²) in [5, 5.41) is 0. The summed E-state index contributed by atoms with van der Waals surface area (Å²) >= 11 is 6.64. The van der Waals surface area contributed by atoms with Crippen LogP contribution in [0.3, 0.4) is 0 Å². The number of hydrogen-bond donors (Lipinski definition) is 0. The maximum Gasteiger partial charge on any atom is 0.244 e. The van der Waals surface area contributed by atoms with Gasteiger partial charge in [0.1, 0.15) is 0 Å². The smallest absolute Gasteiger partial charge is 0.207 e. The Bertz CT molecular complexity index is 545. The van der Waals surface area contributed by atoms with E-state index >= 15 is 0 Å². The fraction of sp³-hybridized carbons (Fsp3) is 0.500. The zero-order valence-corrected chi connectivity index (χ0v) is 14.1. The number of halogens is 2. The first-order chi connectivity index (χ1) is 8.41. The second kappa shape index (κ2) is 5.61. The monoisotopic (exact) mass is 395 g/mol. The van der Waals surface area contributed by atoms with Crippen LogP contribution in [0.1, 0.15) is 19.8 Å². The Morgan fingerprint density at radius 2 is 2.06 bits per heavy atom. The van der Waals surface area contributed by atoms with Crippen LogP contribution in [-0.4, -0.2) is 25.8 Å². The molecule has 1 aromatic carbocycles. The number of piperidine rings is 1. The summed E-state index contributed by atoms with van der Waals surface area (Å²) in [6.07, 6.45) is 2.04. The lowest BCUT2D eigenvalue weighted by atomic mass is 10.0. The first-order valence-electron chi connectivity index (χ1n) is 5.86. The largest absolute Gasteiger partial charge is 0.244 e. The molecule has 0 amide bonds. The van der Waals surface area contributed by atoms with Crippen LogP contribution in [0, 0.1) is 5.92 Å². The van der Waals surface area contributed by atoms with Crippen molar-refractivity contribution in [3.63, 3.8) is 0 Å². The van der Waals surface area contributed by atoms with Gasteiger partial charge in [-0.25, -0.2) is 8.42 Å². The minimum Gasteiger partial charge on any atom is -0.207 e. The van der Waals surface area contributed by atoms with Crippen molar-refractivity contribution in [2.75, 3.05) is 13.1 Å². The molecule has 1 saturated heterocycles. The second-order valence-electron chi connectivity index (χ2n) is 4.69.